The highest BCUT2D eigenvalue weighted by atomic mass is 15.2. The predicted molar refractivity (Wildman–Crippen MR) is 107 cm³/mol. The van der Waals surface area contributed by atoms with E-state index in [1.165, 1.54) is 48.1 Å². The Balaban J connectivity index is 1.28. The Kier molecular flexibility index (Phi) is 5.32. The summed E-state index contributed by atoms with van der Waals surface area (Å²) in [5, 5.41) is 1.35. The van der Waals surface area contributed by atoms with E-state index < -0.39 is 0 Å². The highest BCUT2D eigenvalue weighted by molar-refractivity contribution is 5.82. The average molecular weight is 348 g/mol. The maximum Gasteiger partial charge on any atom is 0.0457 e. The predicted octanol–water partition coefficient (Wildman–Crippen LogP) is 3.70. The van der Waals surface area contributed by atoms with Crippen LogP contribution in [0.25, 0.3) is 10.9 Å². The molecule has 0 amide bonds. The van der Waals surface area contributed by atoms with Gasteiger partial charge in [0.15, 0.2) is 0 Å². The molecule has 26 heavy (non-hydrogen) atoms. The molecule has 1 N–H and O–H groups in total. The van der Waals surface area contributed by atoms with Crippen LogP contribution in [0.2, 0.25) is 0 Å². The van der Waals surface area contributed by atoms with Gasteiger partial charge in [-0.2, -0.15) is 0 Å². The fourth-order valence-electron chi connectivity index (χ4n) is 4.09. The highest BCUT2D eigenvalue weighted by Crippen LogP contribution is 2.22. The maximum atomic E-state index is 4.44. The zero-order valence-electron chi connectivity index (χ0n) is 15.6. The Labute approximate surface area is 155 Å². The minimum atomic E-state index is 0.676. The van der Waals surface area contributed by atoms with E-state index in [-0.39, 0.29) is 0 Å². The van der Waals surface area contributed by atoms with Crippen molar-refractivity contribution < 1.29 is 0 Å². The van der Waals surface area contributed by atoms with Crippen LogP contribution in [-0.2, 0) is 13.0 Å². The van der Waals surface area contributed by atoms with E-state index in [9.17, 15) is 0 Å². The van der Waals surface area contributed by atoms with E-state index in [0.717, 1.165) is 19.5 Å². The third-order valence-electron chi connectivity index (χ3n) is 5.70. The van der Waals surface area contributed by atoms with Crippen molar-refractivity contribution in [3.63, 3.8) is 0 Å². The van der Waals surface area contributed by atoms with Gasteiger partial charge in [0, 0.05) is 54.5 Å². The summed E-state index contributed by atoms with van der Waals surface area (Å²) in [5.41, 5.74) is 3.86. The number of H-pyrrole nitrogens is 1. The molecule has 3 aromatic rings. The topological polar surface area (TPSA) is 35.2 Å². The van der Waals surface area contributed by atoms with E-state index >= 15 is 0 Å². The summed E-state index contributed by atoms with van der Waals surface area (Å²) in [6.07, 6.45) is 7.48. The number of nitrogens with one attached hydrogen (secondary N) is 1. The average Bonchev–Trinajstić information content (AvgIpc) is 3.17. The Morgan fingerprint density at radius 2 is 2.00 bits per heavy atom. The monoisotopic (exact) mass is 348 g/mol. The number of fused-ring (bicyclic) bond motifs is 1. The summed E-state index contributed by atoms with van der Waals surface area (Å²) in [5.74, 6) is 0. The second-order valence-electron chi connectivity index (χ2n) is 7.42. The van der Waals surface area contributed by atoms with Crippen LogP contribution in [-0.4, -0.2) is 52.5 Å². The molecule has 0 aliphatic carbocycles. The molecule has 4 heteroatoms. The molecule has 3 heterocycles. The van der Waals surface area contributed by atoms with Crippen LogP contribution in [0.1, 0.15) is 24.1 Å². The molecule has 0 unspecified atom stereocenters. The zero-order chi connectivity index (χ0) is 17.8. The van der Waals surface area contributed by atoms with Gasteiger partial charge >= 0.3 is 0 Å². The summed E-state index contributed by atoms with van der Waals surface area (Å²) in [7, 11) is 2.28. The summed E-state index contributed by atoms with van der Waals surface area (Å²) in [4.78, 5) is 12.9. The summed E-state index contributed by atoms with van der Waals surface area (Å²) >= 11 is 0. The molecular formula is C22H28N4. The standard InChI is InChI=1S/C22H28N4/c1-25(17-18-5-4-7-22-21(18)8-13-24-22)20-10-15-26(16-11-20)14-9-19-6-2-3-12-23-19/h2-8,12-13,20,24H,9-11,14-17H2,1H3. The Bertz CT molecular complexity index is 818. The molecular weight excluding hydrogens is 320 g/mol. The molecule has 1 aromatic carbocycles. The van der Waals surface area contributed by atoms with Crippen LogP contribution in [0.4, 0.5) is 0 Å². The van der Waals surface area contributed by atoms with Crippen molar-refractivity contribution >= 4 is 10.9 Å². The number of aromatic amines is 1. The molecule has 0 radical (unpaired) electrons. The number of pyridine rings is 1. The Morgan fingerprint density at radius 3 is 2.81 bits per heavy atom. The van der Waals surface area contributed by atoms with Crippen LogP contribution in [0.3, 0.4) is 0 Å². The number of likely N-dealkylation sites (tertiary alicyclic amines) is 1. The fraction of sp³-hybridized carbons (Fsp3) is 0.409. The second kappa shape index (κ2) is 8.02. The lowest BCUT2D eigenvalue weighted by molar-refractivity contribution is 0.124. The minimum Gasteiger partial charge on any atom is -0.361 e. The molecule has 0 saturated carbocycles. The largest absolute Gasteiger partial charge is 0.361 e. The van der Waals surface area contributed by atoms with Crippen molar-refractivity contribution in [3.05, 3.63) is 66.1 Å². The zero-order valence-corrected chi connectivity index (χ0v) is 15.6. The fourth-order valence-corrected chi connectivity index (χ4v) is 4.09. The lowest BCUT2D eigenvalue weighted by Gasteiger charge is -2.37. The molecule has 0 spiro atoms. The van der Waals surface area contributed by atoms with E-state index in [2.05, 4.69) is 63.2 Å². The number of hydrogen-bond donors (Lipinski definition) is 1. The molecule has 1 saturated heterocycles. The Morgan fingerprint density at radius 1 is 1.12 bits per heavy atom. The third-order valence-corrected chi connectivity index (χ3v) is 5.70. The van der Waals surface area contributed by atoms with Crippen molar-refractivity contribution in [2.75, 3.05) is 26.7 Å². The third kappa shape index (κ3) is 3.97. The van der Waals surface area contributed by atoms with Crippen molar-refractivity contribution in [2.45, 2.75) is 31.8 Å². The van der Waals surface area contributed by atoms with Crippen molar-refractivity contribution in [1.82, 2.24) is 19.8 Å². The molecule has 0 atom stereocenters. The number of hydrogen-bond acceptors (Lipinski definition) is 3. The minimum absolute atomic E-state index is 0.676. The summed E-state index contributed by atoms with van der Waals surface area (Å²) in [6.45, 7) is 4.52. The first kappa shape index (κ1) is 17.3. The summed E-state index contributed by atoms with van der Waals surface area (Å²) < 4.78 is 0. The van der Waals surface area contributed by atoms with Crippen LogP contribution in [0.5, 0.6) is 0 Å². The smallest absolute Gasteiger partial charge is 0.0457 e. The molecule has 4 rings (SSSR count). The van der Waals surface area contributed by atoms with Gasteiger partial charge in [0.05, 0.1) is 0 Å². The van der Waals surface area contributed by atoms with Gasteiger partial charge in [-0.1, -0.05) is 18.2 Å². The number of benzene rings is 1. The maximum absolute atomic E-state index is 4.44. The molecule has 1 fully saturated rings. The molecule has 2 aromatic heterocycles. The van der Waals surface area contributed by atoms with Gasteiger partial charge in [0.25, 0.3) is 0 Å². The van der Waals surface area contributed by atoms with E-state index in [4.69, 9.17) is 0 Å². The Hall–Kier alpha value is -2.17. The lowest BCUT2D eigenvalue weighted by atomic mass is 10.0. The van der Waals surface area contributed by atoms with E-state index in [1.807, 2.05) is 18.5 Å². The van der Waals surface area contributed by atoms with Gasteiger partial charge in [-0.15, -0.1) is 0 Å². The van der Waals surface area contributed by atoms with Crippen LogP contribution in [0.15, 0.2) is 54.9 Å². The van der Waals surface area contributed by atoms with E-state index in [1.54, 1.807) is 0 Å². The van der Waals surface area contributed by atoms with Crippen molar-refractivity contribution in [3.8, 4) is 0 Å². The normalized spacial score (nSPS) is 16.5. The van der Waals surface area contributed by atoms with Gasteiger partial charge in [0.2, 0.25) is 0 Å². The van der Waals surface area contributed by atoms with E-state index in [0.29, 0.717) is 6.04 Å². The lowest BCUT2D eigenvalue weighted by Crippen LogP contribution is -2.43. The number of piperidine rings is 1. The van der Waals surface area contributed by atoms with Crippen LogP contribution >= 0.6 is 0 Å². The molecule has 136 valence electrons. The van der Waals surface area contributed by atoms with Crippen molar-refractivity contribution in [2.24, 2.45) is 0 Å². The first-order valence-corrected chi connectivity index (χ1v) is 9.67. The second-order valence-corrected chi connectivity index (χ2v) is 7.42. The molecule has 4 nitrogen and oxygen atoms in total. The van der Waals surface area contributed by atoms with Gasteiger partial charge < -0.3 is 9.88 Å². The summed E-state index contributed by atoms with van der Waals surface area (Å²) in [6, 6.07) is 15.6. The van der Waals surface area contributed by atoms with Gasteiger partial charge in [-0.25, -0.2) is 0 Å². The molecule has 1 aliphatic rings. The van der Waals surface area contributed by atoms with Crippen molar-refractivity contribution in [1.29, 1.82) is 0 Å². The van der Waals surface area contributed by atoms with Crippen LogP contribution in [0, 0.1) is 0 Å². The molecule has 0 bridgehead atoms. The first-order chi connectivity index (χ1) is 12.8. The number of rotatable bonds is 6. The first-order valence-electron chi connectivity index (χ1n) is 9.67. The van der Waals surface area contributed by atoms with Crippen LogP contribution < -0.4 is 0 Å². The quantitative estimate of drug-likeness (QED) is 0.738. The SMILES string of the molecule is CN(Cc1cccc2[nH]ccc12)C1CCN(CCc2ccccn2)CC1. The van der Waals surface area contributed by atoms with Gasteiger partial charge in [0.1, 0.15) is 0 Å². The van der Waals surface area contributed by atoms with Gasteiger partial charge in [-0.05, 0) is 62.8 Å². The molecule has 1 aliphatic heterocycles. The number of aromatic nitrogens is 2. The highest BCUT2D eigenvalue weighted by Gasteiger charge is 2.22. The van der Waals surface area contributed by atoms with Gasteiger partial charge in [-0.3, -0.25) is 9.88 Å². The number of nitrogens with zero attached hydrogens (tertiary/aromatic N) is 3.